The summed E-state index contributed by atoms with van der Waals surface area (Å²) in [6.07, 6.45) is 2.42. The van der Waals surface area contributed by atoms with Crippen LogP contribution in [0.25, 0.3) is 11.0 Å². The van der Waals surface area contributed by atoms with E-state index in [1.807, 2.05) is 25.1 Å². The van der Waals surface area contributed by atoms with Crippen molar-refractivity contribution in [1.29, 1.82) is 0 Å². The molecule has 0 radical (unpaired) electrons. The van der Waals surface area contributed by atoms with Crippen LogP contribution < -0.4 is 0 Å². The number of para-hydroxylation sites is 2. The zero-order valence-corrected chi connectivity index (χ0v) is 12.2. The highest BCUT2D eigenvalue weighted by molar-refractivity contribution is 6.28. The Bertz CT molecular complexity index is 764. The zero-order chi connectivity index (χ0) is 14.1. The summed E-state index contributed by atoms with van der Waals surface area (Å²) in [4.78, 5) is 13.0. The standard InChI is InChI=1S/C15H15ClN4/c1-3-20-13-7-5-4-6-11(13)18-14(20)8-12-10(2)9-17-15(16)19-12/h4-7,9H,3,8H2,1-2H3. The van der Waals surface area contributed by atoms with E-state index >= 15 is 0 Å². The van der Waals surface area contributed by atoms with Crippen LogP contribution in [0.4, 0.5) is 0 Å². The van der Waals surface area contributed by atoms with Crippen LogP contribution in [0.2, 0.25) is 5.28 Å². The van der Waals surface area contributed by atoms with E-state index in [0.717, 1.165) is 34.7 Å². The van der Waals surface area contributed by atoms with Crippen molar-refractivity contribution in [1.82, 2.24) is 19.5 Å². The number of aryl methyl sites for hydroxylation is 2. The molecule has 0 bridgehead atoms. The number of fused-ring (bicyclic) bond motifs is 1. The molecule has 2 aromatic heterocycles. The molecule has 0 aliphatic rings. The Morgan fingerprint density at radius 3 is 2.80 bits per heavy atom. The summed E-state index contributed by atoms with van der Waals surface area (Å²) in [5.74, 6) is 1.01. The average molecular weight is 287 g/mol. The third-order valence-electron chi connectivity index (χ3n) is 3.42. The van der Waals surface area contributed by atoms with Crippen molar-refractivity contribution in [3.8, 4) is 0 Å². The predicted molar refractivity (Wildman–Crippen MR) is 80.0 cm³/mol. The number of nitrogens with zero attached hydrogens (tertiary/aromatic N) is 4. The van der Waals surface area contributed by atoms with Crippen molar-refractivity contribution >= 4 is 22.6 Å². The average Bonchev–Trinajstić information content (AvgIpc) is 2.80. The normalized spacial score (nSPS) is 11.2. The first-order chi connectivity index (χ1) is 9.69. The maximum Gasteiger partial charge on any atom is 0.222 e. The maximum atomic E-state index is 5.89. The molecular formula is C15H15ClN4. The lowest BCUT2D eigenvalue weighted by Gasteiger charge is -2.07. The van der Waals surface area contributed by atoms with E-state index in [9.17, 15) is 0 Å². The van der Waals surface area contributed by atoms with Gasteiger partial charge in [-0.1, -0.05) is 12.1 Å². The molecule has 0 saturated heterocycles. The Morgan fingerprint density at radius 1 is 1.20 bits per heavy atom. The van der Waals surface area contributed by atoms with Crippen molar-refractivity contribution in [3.63, 3.8) is 0 Å². The van der Waals surface area contributed by atoms with Gasteiger partial charge in [-0.3, -0.25) is 0 Å². The second kappa shape index (κ2) is 5.21. The van der Waals surface area contributed by atoms with Crippen LogP contribution in [0.1, 0.15) is 24.0 Å². The van der Waals surface area contributed by atoms with Crippen LogP contribution in [0, 0.1) is 6.92 Å². The molecule has 0 saturated carbocycles. The molecule has 0 fully saturated rings. The summed E-state index contributed by atoms with van der Waals surface area (Å²) in [6.45, 7) is 5.00. The molecule has 3 aromatic rings. The number of hydrogen-bond acceptors (Lipinski definition) is 3. The minimum atomic E-state index is 0.282. The highest BCUT2D eigenvalue weighted by atomic mass is 35.5. The van der Waals surface area contributed by atoms with Gasteiger partial charge in [-0.15, -0.1) is 0 Å². The minimum Gasteiger partial charge on any atom is -0.328 e. The first kappa shape index (κ1) is 13.1. The molecule has 4 nitrogen and oxygen atoms in total. The predicted octanol–water partition coefficient (Wildman–Crippen LogP) is 3.40. The van der Waals surface area contributed by atoms with E-state index in [2.05, 4.69) is 27.5 Å². The molecule has 0 atom stereocenters. The number of halogens is 1. The maximum absolute atomic E-state index is 5.89. The Balaban J connectivity index is 2.08. The SMILES string of the molecule is CCn1c(Cc2nc(Cl)ncc2C)nc2ccccc21. The molecule has 0 N–H and O–H groups in total. The Labute approximate surface area is 122 Å². The highest BCUT2D eigenvalue weighted by Gasteiger charge is 2.12. The smallest absolute Gasteiger partial charge is 0.222 e. The van der Waals surface area contributed by atoms with Gasteiger partial charge in [-0.2, -0.15) is 0 Å². The Morgan fingerprint density at radius 2 is 2.00 bits per heavy atom. The van der Waals surface area contributed by atoms with Crippen LogP contribution >= 0.6 is 11.6 Å². The van der Waals surface area contributed by atoms with Crippen LogP contribution in [0.5, 0.6) is 0 Å². The summed E-state index contributed by atoms with van der Waals surface area (Å²) in [5, 5.41) is 0.282. The lowest BCUT2D eigenvalue weighted by molar-refractivity contribution is 0.727. The van der Waals surface area contributed by atoms with Crippen molar-refractivity contribution in [2.24, 2.45) is 0 Å². The minimum absolute atomic E-state index is 0.282. The molecule has 0 amide bonds. The molecule has 2 heterocycles. The molecule has 0 aliphatic carbocycles. The van der Waals surface area contributed by atoms with Gasteiger partial charge in [0.15, 0.2) is 0 Å². The summed E-state index contributed by atoms with van der Waals surface area (Å²) >= 11 is 5.89. The first-order valence-corrected chi connectivity index (χ1v) is 6.99. The van der Waals surface area contributed by atoms with E-state index in [0.29, 0.717) is 6.42 Å². The van der Waals surface area contributed by atoms with Gasteiger partial charge in [-0.25, -0.2) is 15.0 Å². The van der Waals surface area contributed by atoms with E-state index in [1.165, 1.54) is 0 Å². The second-order valence-electron chi connectivity index (χ2n) is 4.71. The Hall–Kier alpha value is -1.94. The fraction of sp³-hybridized carbons (Fsp3) is 0.267. The van der Waals surface area contributed by atoms with E-state index in [1.54, 1.807) is 6.20 Å². The summed E-state index contributed by atoms with van der Waals surface area (Å²) in [6, 6.07) is 8.17. The first-order valence-electron chi connectivity index (χ1n) is 6.61. The topological polar surface area (TPSA) is 43.6 Å². The van der Waals surface area contributed by atoms with Gasteiger partial charge >= 0.3 is 0 Å². The highest BCUT2D eigenvalue weighted by Crippen LogP contribution is 2.19. The Kier molecular flexibility index (Phi) is 3.40. The number of hydrogen-bond donors (Lipinski definition) is 0. The second-order valence-corrected chi connectivity index (χ2v) is 5.04. The summed E-state index contributed by atoms with van der Waals surface area (Å²) in [5.41, 5.74) is 4.13. The van der Waals surface area contributed by atoms with Crippen molar-refractivity contribution in [2.75, 3.05) is 0 Å². The fourth-order valence-electron chi connectivity index (χ4n) is 2.39. The van der Waals surface area contributed by atoms with E-state index in [-0.39, 0.29) is 5.28 Å². The van der Waals surface area contributed by atoms with Gasteiger partial charge in [0.05, 0.1) is 16.7 Å². The number of benzene rings is 1. The molecule has 3 rings (SSSR count). The fourth-order valence-corrected chi connectivity index (χ4v) is 2.55. The van der Waals surface area contributed by atoms with Crippen molar-refractivity contribution in [2.45, 2.75) is 26.8 Å². The van der Waals surface area contributed by atoms with Gasteiger partial charge in [0.2, 0.25) is 5.28 Å². The summed E-state index contributed by atoms with van der Waals surface area (Å²) < 4.78 is 2.21. The molecule has 0 aliphatic heterocycles. The lowest BCUT2D eigenvalue weighted by Crippen LogP contribution is -2.05. The number of imidazole rings is 1. The molecular weight excluding hydrogens is 272 g/mol. The van der Waals surface area contributed by atoms with Gasteiger partial charge in [0.25, 0.3) is 0 Å². The van der Waals surface area contributed by atoms with E-state index in [4.69, 9.17) is 16.6 Å². The van der Waals surface area contributed by atoms with Gasteiger partial charge < -0.3 is 4.57 Å². The third kappa shape index (κ3) is 2.27. The molecule has 5 heteroatoms. The van der Waals surface area contributed by atoms with Gasteiger partial charge in [0.1, 0.15) is 5.82 Å². The van der Waals surface area contributed by atoms with Crippen LogP contribution in [0.15, 0.2) is 30.5 Å². The monoisotopic (exact) mass is 286 g/mol. The van der Waals surface area contributed by atoms with Crippen molar-refractivity contribution < 1.29 is 0 Å². The quantitative estimate of drug-likeness (QED) is 0.693. The van der Waals surface area contributed by atoms with Gasteiger partial charge in [0, 0.05) is 19.2 Å². The van der Waals surface area contributed by atoms with Gasteiger partial charge in [-0.05, 0) is 43.1 Å². The number of rotatable bonds is 3. The van der Waals surface area contributed by atoms with Crippen LogP contribution in [-0.2, 0) is 13.0 Å². The number of aromatic nitrogens is 4. The molecule has 0 spiro atoms. The molecule has 20 heavy (non-hydrogen) atoms. The lowest BCUT2D eigenvalue weighted by atomic mass is 10.2. The van der Waals surface area contributed by atoms with Crippen molar-refractivity contribution in [3.05, 3.63) is 52.8 Å². The third-order valence-corrected chi connectivity index (χ3v) is 3.60. The molecule has 1 aromatic carbocycles. The van der Waals surface area contributed by atoms with E-state index < -0.39 is 0 Å². The largest absolute Gasteiger partial charge is 0.328 e. The zero-order valence-electron chi connectivity index (χ0n) is 11.5. The molecule has 0 unspecified atom stereocenters. The van der Waals surface area contributed by atoms with Crippen LogP contribution in [0.3, 0.4) is 0 Å². The molecule has 102 valence electrons. The van der Waals surface area contributed by atoms with Crippen LogP contribution in [-0.4, -0.2) is 19.5 Å². The summed E-state index contributed by atoms with van der Waals surface area (Å²) in [7, 11) is 0.